The number of aromatic nitrogens is 1. The van der Waals surface area contributed by atoms with Crippen molar-refractivity contribution in [3.8, 4) is 11.3 Å². The van der Waals surface area contributed by atoms with Crippen molar-refractivity contribution in [1.82, 2.24) is 15.4 Å². The minimum Gasteiger partial charge on any atom is -0.360 e. The van der Waals surface area contributed by atoms with Crippen LogP contribution in [0.25, 0.3) is 11.3 Å². The van der Waals surface area contributed by atoms with Crippen molar-refractivity contribution in [3.05, 3.63) is 40.4 Å². The number of hydrogen-bond acceptors (Lipinski definition) is 4. The molecule has 1 aromatic carbocycles. The van der Waals surface area contributed by atoms with E-state index in [1.807, 2.05) is 4.90 Å². The van der Waals surface area contributed by atoms with Crippen LogP contribution in [0, 0.1) is 18.2 Å². The average Bonchev–Trinajstić information content (AvgIpc) is 3.22. The van der Waals surface area contributed by atoms with Gasteiger partial charge in [0.05, 0.1) is 10.6 Å². The molecule has 1 N–H and O–H groups in total. The van der Waals surface area contributed by atoms with Gasteiger partial charge in [-0.1, -0.05) is 22.8 Å². The van der Waals surface area contributed by atoms with E-state index in [9.17, 15) is 9.18 Å². The molecule has 0 saturated carbocycles. The molecule has 3 heterocycles. The SMILES string of the molecule is Cc1onc(-c2c(F)cccc2Cl)c1C(=O)N1CCC2(CCNC2)CC1. The van der Waals surface area contributed by atoms with Gasteiger partial charge in [0.1, 0.15) is 22.8 Å². The van der Waals surface area contributed by atoms with Crippen LogP contribution in [0.15, 0.2) is 22.7 Å². The molecule has 2 saturated heterocycles. The molecule has 1 amide bonds. The first-order valence-electron chi connectivity index (χ1n) is 8.91. The summed E-state index contributed by atoms with van der Waals surface area (Å²) < 4.78 is 19.6. The normalized spacial score (nSPS) is 19.3. The maximum Gasteiger partial charge on any atom is 0.259 e. The molecule has 0 radical (unpaired) electrons. The van der Waals surface area contributed by atoms with Crippen LogP contribution in [0.5, 0.6) is 0 Å². The summed E-state index contributed by atoms with van der Waals surface area (Å²) in [6.45, 7) is 5.13. The van der Waals surface area contributed by atoms with Crippen molar-refractivity contribution in [3.63, 3.8) is 0 Å². The Balaban J connectivity index is 1.62. The fourth-order valence-corrected chi connectivity index (χ4v) is 4.34. The molecule has 4 rings (SSSR count). The predicted molar refractivity (Wildman–Crippen MR) is 96.7 cm³/mol. The summed E-state index contributed by atoms with van der Waals surface area (Å²) in [5, 5.41) is 7.57. The Labute approximate surface area is 156 Å². The van der Waals surface area contributed by atoms with Crippen molar-refractivity contribution in [2.75, 3.05) is 26.2 Å². The molecule has 26 heavy (non-hydrogen) atoms. The molecular formula is C19H21ClFN3O2. The number of rotatable bonds is 2. The van der Waals surface area contributed by atoms with E-state index >= 15 is 0 Å². The van der Waals surface area contributed by atoms with Gasteiger partial charge in [0.15, 0.2) is 0 Å². The Morgan fingerprint density at radius 1 is 1.35 bits per heavy atom. The second kappa shape index (κ2) is 6.67. The van der Waals surface area contributed by atoms with Crippen molar-refractivity contribution >= 4 is 17.5 Å². The number of carbonyl (C=O) groups excluding carboxylic acids is 1. The lowest BCUT2D eigenvalue weighted by atomic mass is 9.77. The summed E-state index contributed by atoms with van der Waals surface area (Å²) in [6, 6.07) is 4.41. The monoisotopic (exact) mass is 377 g/mol. The zero-order valence-electron chi connectivity index (χ0n) is 14.6. The second-order valence-corrected chi connectivity index (χ2v) is 7.69. The van der Waals surface area contributed by atoms with Crippen molar-refractivity contribution in [1.29, 1.82) is 0 Å². The maximum atomic E-state index is 14.3. The van der Waals surface area contributed by atoms with Gasteiger partial charge in [0, 0.05) is 19.6 Å². The largest absolute Gasteiger partial charge is 0.360 e. The number of carbonyl (C=O) groups is 1. The molecule has 1 aromatic heterocycles. The molecule has 0 atom stereocenters. The maximum absolute atomic E-state index is 14.3. The van der Waals surface area contributed by atoms with E-state index < -0.39 is 5.82 Å². The van der Waals surface area contributed by atoms with Crippen molar-refractivity contribution < 1.29 is 13.7 Å². The van der Waals surface area contributed by atoms with Gasteiger partial charge in [-0.2, -0.15) is 0 Å². The van der Waals surface area contributed by atoms with Gasteiger partial charge in [-0.25, -0.2) is 4.39 Å². The molecule has 1 spiro atoms. The number of aryl methyl sites for hydroxylation is 1. The van der Waals surface area contributed by atoms with Crippen molar-refractivity contribution in [2.45, 2.75) is 26.2 Å². The zero-order valence-corrected chi connectivity index (χ0v) is 15.4. The smallest absolute Gasteiger partial charge is 0.259 e. The standard InChI is InChI=1S/C19H21ClFN3O2/c1-12-15(17(23-26-12)16-13(20)3-2-4-14(16)21)18(25)24-9-6-19(7-10-24)5-8-22-11-19/h2-4,22H,5-11H2,1H3. The molecule has 2 aromatic rings. The summed E-state index contributed by atoms with van der Waals surface area (Å²) in [5.41, 5.74) is 0.914. The van der Waals surface area contributed by atoms with E-state index in [0.29, 0.717) is 29.8 Å². The molecule has 2 aliphatic heterocycles. The van der Waals surface area contributed by atoms with E-state index in [1.54, 1.807) is 13.0 Å². The van der Waals surface area contributed by atoms with Gasteiger partial charge >= 0.3 is 0 Å². The lowest BCUT2D eigenvalue weighted by molar-refractivity contribution is 0.0606. The van der Waals surface area contributed by atoms with Crippen LogP contribution in [-0.4, -0.2) is 42.1 Å². The number of nitrogens with zero attached hydrogens (tertiary/aromatic N) is 2. The van der Waals surface area contributed by atoms with Crippen LogP contribution in [0.2, 0.25) is 5.02 Å². The first-order chi connectivity index (χ1) is 12.5. The number of piperidine rings is 1. The van der Waals surface area contributed by atoms with Crippen LogP contribution in [0.4, 0.5) is 4.39 Å². The molecule has 5 nitrogen and oxygen atoms in total. The first kappa shape index (κ1) is 17.5. The lowest BCUT2D eigenvalue weighted by Crippen LogP contribution is -2.44. The predicted octanol–water partition coefficient (Wildman–Crippen LogP) is 3.66. The van der Waals surface area contributed by atoms with Gasteiger partial charge in [-0.3, -0.25) is 4.79 Å². The third-order valence-electron chi connectivity index (χ3n) is 5.72. The van der Waals surface area contributed by atoms with Crippen molar-refractivity contribution in [2.24, 2.45) is 5.41 Å². The number of likely N-dealkylation sites (tertiary alicyclic amines) is 1. The van der Waals surface area contributed by atoms with Crippen LogP contribution in [-0.2, 0) is 0 Å². The van der Waals surface area contributed by atoms with E-state index in [-0.39, 0.29) is 22.2 Å². The summed E-state index contributed by atoms with van der Waals surface area (Å²) in [4.78, 5) is 15.0. The highest BCUT2D eigenvalue weighted by atomic mass is 35.5. The Kier molecular flexibility index (Phi) is 4.49. The lowest BCUT2D eigenvalue weighted by Gasteiger charge is -2.38. The number of hydrogen-bond donors (Lipinski definition) is 1. The van der Waals surface area contributed by atoms with Crippen LogP contribution < -0.4 is 5.32 Å². The van der Waals surface area contributed by atoms with Gasteiger partial charge in [0.2, 0.25) is 0 Å². The highest BCUT2D eigenvalue weighted by molar-refractivity contribution is 6.33. The fraction of sp³-hybridized carbons (Fsp3) is 0.474. The summed E-state index contributed by atoms with van der Waals surface area (Å²) in [6.07, 6.45) is 3.12. The van der Waals surface area contributed by atoms with Gasteiger partial charge in [0.25, 0.3) is 5.91 Å². The van der Waals surface area contributed by atoms with Crippen LogP contribution >= 0.6 is 11.6 Å². The quantitative estimate of drug-likeness (QED) is 0.867. The van der Waals surface area contributed by atoms with E-state index in [2.05, 4.69) is 10.5 Å². The zero-order chi connectivity index (χ0) is 18.3. The van der Waals surface area contributed by atoms with Gasteiger partial charge in [-0.05, 0) is 50.3 Å². The number of nitrogens with one attached hydrogen (secondary N) is 1. The summed E-state index contributed by atoms with van der Waals surface area (Å²) in [7, 11) is 0. The summed E-state index contributed by atoms with van der Waals surface area (Å²) >= 11 is 6.16. The van der Waals surface area contributed by atoms with E-state index in [4.69, 9.17) is 16.1 Å². The number of halogens is 2. The average molecular weight is 378 g/mol. The highest BCUT2D eigenvalue weighted by Crippen LogP contribution is 2.39. The molecular weight excluding hydrogens is 357 g/mol. The Bertz CT molecular complexity index is 815. The Hall–Kier alpha value is -1.92. The van der Waals surface area contributed by atoms with Crippen LogP contribution in [0.3, 0.4) is 0 Å². The third kappa shape index (κ3) is 2.91. The number of amides is 1. The number of benzene rings is 1. The molecule has 2 aliphatic rings. The van der Waals surface area contributed by atoms with Gasteiger partial charge in [-0.15, -0.1) is 0 Å². The fourth-order valence-electron chi connectivity index (χ4n) is 4.08. The van der Waals surface area contributed by atoms with Gasteiger partial charge < -0.3 is 14.7 Å². The molecule has 138 valence electrons. The second-order valence-electron chi connectivity index (χ2n) is 7.28. The molecule has 0 bridgehead atoms. The highest BCUT2D eigenvalue weighted by Gasteiger charge is 2.39. The third-order valence-corrected chi connectivity index (χ3v) is 6.03. The molecule has 2 fully saturated rings. The minimum absolute atomic E-state index is 0.114. The minimum atomic E-state index is -0.519. The Morgan fingerprint density at radius 3 is 2.77 bits per heavy atom. The van der Waals surface area contributed by atoms with E-state index in [0.717, 1.165) is 32.4 Å². The molecule has 7 heteroatoms. The molecule has 0 unspecified atom stereocenters. The topological polar surface area (TPSA) is 58.4 Å². The van der Waals surface area contributed by atoms with E-state index in [1.165, 1.54) is 12.1 Å². The molecule has 0 aliphatic carbocycles. The first-order valence-corrected chi connectivity index (χ1v) is 9.29. The Morgan fingerprint density at radius 2 is 2.12 bits per heavy atom. The summed E-state index contributed by atoms with van der Waals surface area (Å²) in [5.74, 6) is -0.305. The van der Waals surface area contributed by atoms with Crippen LogP contribution in [0.1, 0.15) is 35.4 Å².